The summed E-state index contributed by atoms with van der Waals surface area (Å²) >= 11 is 0. The van der Waals surface area contributed by atoms with Crippen molar-refractivity contribution in [3.63, 3.8) is 0 Å². The number of hydrogen-bond acceptors (Lipinski definition) is 5. The molecule has 0 bridgehead atoms. The molecule has 0 saturated carbocycles. The van der Waals surface area contributed by atoms with E-state index in [1.54, 1.807) is 6.33 Å². The molecule has 0 aliphatic carbocycles. The van der Waals surface area contributed by atoms with E-state index in [4.69, 9.17) is 0 Å². The molecule has 7 nitrogen and oxygen atoms in total. The van der Waals surface area contributed by atoms with Gasteiger partial charge in [-0.25, -0.2) is 9.67 Å². The molecular weight excluding hydrogens is 280 g/mol. The standard InChI is InChI=1S/C15H26N6O/c1-3-21-13(17-12-18-21)10-20-9-8-19(2)15(11-20)5-4-14(22)16-7-6-15/h12H,3-11H2,1-2H3,(H,16,22)/t15-/m0/s1. The van der Waals surface area contributed by atoms with Crippen molar-refractivity contribution in [2.45, 2.75) is 44.8 Å². The van der Waals surface area contributed by atoms with Crippen LogP contribution < -0.4 is 5.32 Å². The molecule has 1 amide bonds. The lowest BCUT2D eigenvalue weighted by Gasteiger charge is -2.49. The number of likely N-dealkylation sites (N-methyl/N-ethyl adjacent to an activating group) is 1. The number of aryl methyl sites for hydroxylation is 1. The third-order valence-electron chi connectivity index (χ3n) is 5.17. The van der Waals surface area contributed by atoms with Gasteiger partial charge in [-0.05, 0) is 26.8 Å². The molecule has 1 aromatic heterocycles. The fraction of sp³-hybridized carbons (Fsp3) is 0.800. The van der Waals surface area contributed by atoms with E-state index < -0.39 is 0 Å². The van der Waals surface area contributed by atoms with Crippen LogP contribution in [-0.2, 0) is 17.9 Å². The normalized spacial score (nSPS) is 27.8. The first-order valence-electron chi connectivity index (χ1n) is 8.20. The van der Waals surface area contributed by atoms with E-state index in [-0.39, 0.29) is 11.4 Å². The average molecular weight is 306 g/mol. The Labute approximate surface area is 131 Å². The van der Waals surface area contributed by atoms with Gasteiger partial charge in [0.25, 0.3) is 0 Å². The average Bonchev–Trinajstić information content (AvgIpc) is 2.87. The highest BCUT2D eigenvalue weighted by Gasteiger charge is 2.40. The minimum absolute atomic E-state index is 0.106. The maximum atomic E-state index is 11.7. The second-order valence-corrected chi connectivity index (χ2v) is 6.45. The Balaban J connectivity index is 1.71. The van der Waals surface area contributed by atoms with Crippen molar-refractivity contribution in [2.24, 2.45) is 0 Å². The van der Waals surface area contributed by atoms with Gasteiger partial charge in [0.15, 0.2) is 0 Å². The summed E-state index contributed by atoms with van der Waals surface area (Å²) in [4.78, 5) is 21.0. The molecule has 2 fully saturated rings. The summed E-state index contributed by atoms with van der Waals surface area (Å²) in [5.74, 6) is 1.22. The highest BCUT2D eigenvalue weighted by atomic mass is 16.1. The molecule has 1 N–H and O–H groups in total. The van der Waals surface area contributed by atoms with Gasteiger partial charge in [0.05, 0.1) is 6.54 Å². The number of rotatable bonds is 3. The maximum Gasteiger partial charge on any atom is 0.220 e. The Kier molecular flexibility index (Phi) is 4.44. The number of carbonyl (C=O) groups excluding carboxylic acids is 1. The van der Waals surface area contributed by atoms with Crippen LogP contribution in [0.2, 0.25) is 0 Å². The molecule has 2 aliphatic rings. The summed E-state index contributed by atoms with van der Waals surface area (Å²) < 4.78 is 1.96. The molecule has 3 rings (SSSR count). The topological polar surface area (TPSA) is 66.3 Å². The van der Waals surface area contributed by atoms with Crippen LogP contribution in [-0.4, -0.2) is 69.2 Å². The van der Waals surface area contributed by atoms with E-state index in [2.05, 4.69) is 39.2 Å². The van der Waals surface area contributed by atoms with Crippen molar-refractivity contribution in [1.82, 2.24) is 29.9 Å². The van der Waals surface area contributed by atoms with Gasteiger partial charge >= 0.3 is 0 Å². The van der Waals surface area contributed by atoms with Gasteiger partial charge in [0.2, 0.25) is 5.91 Å². The van der Waals surface area contributed by atoms with Gasteiger partial charge < -0.3 is 5.32 Å². The van der Waals surface area contributed by atoms with Gasteiger partial charge in [-0.15, -0.1) is 0 Å². The molecule has 1 aromatic rings. The lowest BCUT2D eigenvalue weighted by molar-refractivity contribution is -0.121. The van der Waals surface area contributed by atoms with Gasteiger partial charge in [-0.3, -0.25) is 14.6 Å². The lowest BCUT2D eigenvalue weighted by Crippen LogP contribution is -2.60. The predicted octanol–water partition coefficient (Wildman–Crippen LogP) is 0.0843. The van der Waals surface area contributed by atoms with Crippen LogP contribution in [0.15, 0.2) is 6.33 Å². The summed E-state index contributed by atoms with van der Waals surface area (Å²) in [5, 5.41) is 7.26. The second kappa shape index (κ2) is 6.34. The number of hydrogen-bond donors (Lipinski definition) is 1. The van der Waals surface area contributed by atoms with Gasteiger partial charge in [-0.2, -0.15) is 5.10 Å². The van der Waals surface area contributed by atoms with Crippen molar-refractivity contribution in [3.8, 4) is 0 Å². The Bertz CT molecular complexity index is 530. The van der Waals surface area contributed by atoms with Gasteiger partial charge in [-0.1, -0.05) is 0 Å². The SMILES string of the molecule is CCn1ncnc1CN1CCN(C)[C@@]2(CCNC(=O)CC2)C1. The van der Waals surface area contributed by atoms with Crippen molar-refractivity contribution >= 4 is 5.91 Å². The van der Waals surface area contributed by atoms with Crippen LogP contribution in [0.5, 0.6) is 0 Å². The molecule has 1 atom stereocenters. The first kappa shape index (κ1) is 15.4. The number of carbonyl (C=O) groups is 1. The Morgan fingerprint density at radius 3 is 3.05 bits per heavy atom. The van der Waals surface area contributed by atoms with E-state index in [1.165, 1.54) is 0 Å². The Morgan fingerprint density at radius 1 is 1.36 bits per heavy atom. The molecule has 3 heterocycles. The quantitative estimate of drug-likeness (QED) is 0.857. The first-order chi connectivity index (χ1) is 10.6. The minimum atomic E-state index is 0.106. The van der Waals surface area contributed by atoms with Gasteiger partial charge in [0, 0.05) is 44.7 Å². The summed E-state index contributed by atoms with van der Waals surface area (Å²) in [5.41, 5.74) is 0.106. The maximum absolute atomic E-state index is 11.7. The van der Waals surface area contributed by atoms with Crippen LogP contribution in [0, 0.1) is 0 Å². The zero-order valence-corrected chi connectivity index (χ0v) is 13.6. The van der Waals surface area contributed by atoms with Gasteiger partial charge in [0.1, 0.15) is 12.2 Å². The van der Waals surface area contributed by atoms with E-state index in [0.717, 1.165) is 57.9 Å². The number of aromatic nitrogens is 3. The van der Waals surface area contributed by atoms with Crippen molar-refractivity contribution < 1.29 is 4.79 Å². The molecule has 122 valence electrons. The predicted molar refractivity (Wildman–Crippen MR) is 83.2 cm³/mol. The number of nitrogens with one attached hydrogen (secondary N) is 1. The number of nitrogens with zero attached hydrogens (tertiary/aromatic N) is 5. The second-order valence-electron chi connectivity index (χ2n) is 6.45. The third kappa shape index (κ3) is 3.01. The summed E-state index contributed by atoms with van der Waals surface area (Å²) in [6, 6.07) is 0. The van der Waals surface area contributed by atoms with Crippen LogP contribution in [0.4, 0.5) is 0 Å². The largest absolute Gasteiger partial charge is 0.356 e. The van der Waals surface area contributed by atoms with Crippen LogP contribution >= 0.6 is 0 Å². The molecule has 22 heavy (non-hydrogen) atoms. The van der Waals surface area contributed by atoms with E-state index in [1.807, 2.05) is 4.68 Å². The molecule has 2 aliphatic heterocycles. The molecule has 0 unspecified atom stereocenters. The smallest absolute Gasteiger partial charge is 0.220 e. The van der Waals surface area contributed by atoms with Crippen molar-refractivity contribution in [3.05, 3.63) is 12.2 Å². The molecule has 7 heteroatoms. The van der Waals surface area contributed by atoms with Crippen LogP contribution in [0.25, 0.3) is 0 Å². The number of amides is 1. The van der Waals surface area contributed by atoms with Crippen molar-refractivity contribution in [1.29, 1.82) is 0 Å². The summed E-state index contributed by atoms with van der Waals surface area (Å²) in [6.45, 7) is 7.63. The number of piperazine rings is 1. The molecule has 0 aromatic carbocycles. The minimum Gasteiger partial charge on any atom is -0.356 e. The zero-order valence-electron chi connectivity index (χ0n) is 13.6. The fourth-order valence-corrected chi connectivity index (χ4v) is 3.69. The van der Waals surface area contributed by atoms with Crippen LogP contribution in [0.1, 0.15) is 32.0 Å². The van der Waals surface area contributed by atoms with Crippen LogP contribution in [0.3, 0.4) is 0 Å². The molecule has 1 spiro atoms. The molecular formula is C15H26N6O. The zero-order chi connectivity index (χ0) is 15.6. The molecule has 2 saturated heterocycles. The van der Waals surface area contributed by atoms with E-state index in [9.17, 15) is 4.79 Å². The fourth-order valence-electron chi connectivity index (χ4n) is 3.69. The lowest BCUT2D eigenvalue weighted by atomic mass is 9.86. The van der Waals surface area contributed by atoms with E-state index in [0.29, 0.717) is 6.42 Å². The molecule has 0 radical (unpaired) electrons. The third-order valence-corrected chi connectivity index (χ3v) is 5.17. The monoisotopic (exact) mass is 306 g/mol. The summed E-state index contributed by atoms with van der Waals surface area (Å²) in [6.07, 6.45) is 4.22. The highest BCUT2D eigenvalue weighted by molar-refractivity contribution is 5.76. The highest BCUT2D eigenvalue weighted by Crippen LogP contribution is 2.30. The Hall–Kier alpha value is -1.47. The van der Waals surface area contributed by atoms with Crippen molar-refractivity contribution in [2.75, 3.05) is 33.2 Å². The summed E-state index contributed by atoms with van der Waals surface area (Å²) in [7, 11) is 2.20. The van der Waals surface area contributed by atoms with E-state index >= 15 is 0 Å². The Morgan fingerprint density at radius 2 is 2.23 bits per heavy atom. The first-order valence-corrected chi connectivity index (χ1v) is 8.20.